The Morgan fingerprint density at radius 1 is 0.560 bits per heavy atom. The van der Waals surface area contributed by atoms with E-state index < -0.39 is 0 Å². The maximum absolute atomic E-state index is 5.67. The molecule has 0 radical (unpaired) electrons. The standard InChI is InChI=1S/C47H49N3/c1-43(2)30-14-4-3-13-28(30)34-31(43)23-29-35-32(24-48-41-38(35)44(15-5-6-16-44)26-46(41)19-9-10-20-46)50-33-25-49-42-39(36(33)37(34)40(29)50)45(17-7-8-18-45)27-47(42)21-11-12-22-47/h3-4,13-14,23-25H,5-12,15-22,26-27H2,1-2H3. The van der Waals surface area contributed by atoms with Gasteiger partial charge in [0.25, 0.3) is 0 Å². The maximum Gasteiger partial charge on any atom is 0.0729 e. The van der Waals surface area contributed by atoms with E-state index in [-0.39, 0.29) is 16.2 Å². The predicted octanol–water partition coefficient (Wildman–Crippen LogP) is 12.0. The molecular weight excluding hydrogens is 607 g/mol. The highest BCUT2D eigenvalue weighted by molar-refractivity contribution is 6.29. The molecule has 4 heterocycles. The third-order valence-corrected chi connectivity index (χ3v) is 16.8. The third kappa shape index (κ3) is 2.94. The van der Waals surface area contributed by atoms with Gasteiger partial charge in [0, 0.05) is 37.8 Å². The quantitative estimate of drug-likeness (QED) is 0.163. The molecule has 0 unspecified atom stereocenters. The minimum atomic E-state index is -0.0460. The van der Waals surface area contributed by atoms with Crippen LogP contribution >= 0.6 is 0 Å². The number of pyridine rings is 2. The van der Waals surface area contributed by atoms with Gasteiger partial charge in [-0.3, -0.25) is 9.97 Å². The van der Waals surface area contributed by atoms with Crippen LogP contribution in [-0.4, -0.2) is 14.4 Å². The van der Waals surface area contributed by atoms with E-state index in [1.165, 1.54) is 166 Å². The molecule has 6 aromatic rings. The van der Waals surface area contributed by atoms with Gasteiger partial charge < -0.3 is 4.40 Å². The van der Waals surface area contributed by atoms with Crippen molar-refractivity contribution < 1.29 is 0 Å². The molecule has 7 aliphatic rings. The van der Waals surface area contributed by atoms with Gasteiger partial charge in [-0.1, -0.05) is 89.5 Å². The van der Waals surface area contributed by atoms with Gasteiger partial charge in [-0.2, -0.15) is 0 Å². The summed E-state index contributed by atoms with van der Waals surface area (Å²) in [5, 5.41) is 6.23. The SMILES string of the molecule is CC1(C)c2ccccc2-c2c1cc1c3c4c(ncc3n3c5cnc6c(c5c2c13)C1(CCCC1)CC61CCCC1)C1(CCCC1)CC41CCCC1. The highest BCUT2D eigenvalue weighted by Crippen LogP contribution is 2.67. The minimum Gasteiger partial charge on any atom is -0.305 e. The fourth-order valence-corrected chi connectivity index (χ4v) is 15.1. The van der Waals surface area contributed by atoms with E-state index in [0.717, 1.165) is 0 Å². The molecule has 252 valence electrons. The molecule has 0 bridgehead atoms. The van der Waals surface area contributed by atoms with Crippen LogP contribution in [0.5, 0.6) is 0 Å². The summed E-state index contributed by atoms with van der Waals surface area (Å²) in [7, 11) is 0. The van der Waals surface area contributed by atoms with Crippen molar-refractivity contribution in [1.82, 2.24) is 14.4 Å². The number of rotatable bonds is 0. The highest BCUT2D eigenvalue weighted by Gasteiger charge is 2.58. The lowest BCUT2D eigenvalue weighted by Gasteiger charge is -2.29. The van der Waals surface area contributed by atoms with Crippen LogP contribution in [0.25, 0.3) is 49.2 Å². The Balaban J connectivity index is 1.26. The summed E-state index contributed by atoms with van der Waals surface area (Å²) < 4.78 is 2.72. The first kappa shape index (κ1) is 28.2. The molecule has 2 aromatic carbocycles. The van der Waals surface area contributed by atoms with Crippen molar-refractivity contribution >= 4 is 38.1 Å². The van der Waals surface area contributed by atoms with Crippen molar-refractivity contribution in [2.45, 2.75) is 156 Å². The second-order valence-electron chi connectivity index (χ2n) is 19.4. The molecule has 0 atom stereocenters. The summed E-state index contributed by atoms with van der Waals surface area (Å²) in [5.74, 6) is 0. The van der Waals surface area contributed by atoms with Gasteiger partial charge in [0.05, 0.1) is 40.3 Å². The minimum absolute atomic E-state index is 0.0460. The monoisotopic (exact) mass is 655 g/mol. The van der Waals surface area contributed by atoms with E-state index in [4.69, 9.17) is 9.97 Å². The summed E-state index contributed by atoms with van der Waals surface area (Å²) in [6.45, 7) is 5.01. The van der Waals surface area contributed by atoms with Gasteiger partial charge in [-0.15, -0.1) is 0 Å². The largest absolute Gasteiger partial charge is 0.305 e. The van der Waals surface area contributed by atoms with Gasteiger partial charge in [-0.25, -0.2) is 0 Å². The number of hydrogen-bond acceptors (Lipinski definition) is 2. The Labute approximate surface area is 295 Å². The van der Waals surface area contributed by atoms with Crippen molar-refractivity contribution in [2.75, 3.05) is 0 Å². The zero-order chi connectivity index (χ0) is 32.8. The number of hydrogen-bond donors (Lipinski definition) is 0. The molecule has 4 spiro atoms. The number of fused-ring (bicyclic) bond motifs is 18. The molecule has 4 saturated carbocycles. The van der Waals surface area contributed by atoms with Crippen molar-refractivity contribution in [1.29, 1.82) is 0 Å². The first-order valence-corrected chi connectivity index (χ1v) is 20.6. The molecule has 3 heteroatoms. The molecule has 7 aliphatic carbocycles. The third-order valence-electron chi connectivity index (χ3n) is 16.8. The van der Waals surface area contributed by atoms with Crippen molar-refractivity contribution in [2.24, 2.45) is 0 Å². The average molecular weight is 656 g/mol. The van der Waals surface area contributed by atoms with Crippen LogP contribution in [0.2, 0.25) is 0 Å². The van der Waals surface area contributed by atoms with E-state index in [0.29, 0.717) is 10.8 Å². The summed E-state index contributed by atoms with van der Waals surface area (Å²) in [6, 6.07) is 12.1. The number of nitrogens with zero attached hydrogens (tertiary/aromatic N) is 3. The predicted molar refractivity (Wildman–Crippen MR) is 204 cm³/mol. The topological polar surface area (TPSA) is 30.2 Å². The van der Waals surface area contributed by atoms with Gasteiger partial charge >= 0.3 is 0 Å². The van der Waals surface area contributed by atoms with Crippen LogP contribution in [0.4, 0.5) is 0 Å². The molecule has 3 nitrogen and oxygen atoms in total. The van der Waals surface area contributed by atoms with Crippen molar-refractivity contribution in [3.63, 3.8) is 0 Å². The Kier molecular flexibility index (Phi) is 4.94. The molecule has 4 fully saturated rings. The maximum atomic E-state index is 5.67. The molecule has 4 aromatic heterocycles. The molecule has 0 saturated heterocycles. The van der Waals surface area contributed by atoms with Crippen LogP contribution in [0.3, 0.4) is 0 Å². The van der Waals surface area contributed by atoms with Gasteiger partial charge in [0.1, 0.15) is 0 Å². The average Bonchev–Trinajstić information content (AvgIpc) is 3.99. The van der Waals surface area contributed by atoms with Crippen LogP contribution in [0.15, 0.2) is 42.7 Å². The Hall–Kier alpha value is -3.46. The van der Waals surface area contributed by atoms with Crippen LogP contribution in [0.1, 0.15) is 163 Å². The normalized spacial score (nSPS) is 25.6. The van der Waals surface area contributed by atoms with E-state index in [1.54, 1.807) is 32.8 Å². The summed E-state index contributed by atoms with van der Waals surface area (Å²) >= 11 is 0. The lowest BCUT2D eigenvalue weighted by Crippen LogP contribution is -2.24. The van der Waals surface area contributed by atoms with Gasteiger partial charge in [0.2, 0.25) is 0 Å². The lowest BCUT2D eigenvalue weighted by atomic mass is 9.74. The first-order valence-electron chi connectivity index (χ1n) is 20.6. The lowest BCUT2D eigenvalue weighted by molar-refractivity contribution is 0.321. The summed E-state index contributed by atoms with van der Waals surface area (Å²) in [5.41, 5.74) is 17.8. The van der Waals surface area contributed by atoms with Crippen LogP contribution in [-0.2, 0) is 27.1 Å². The molecule has 0 N–H and O–H groups in total. The van der Waals surface area contributed by atoms with Crippen molar-refractivity contribution in [3.05, 3.63) is 76.4 Å². The smallest absolute Gasteiger partial charge is 0.0729 e. The Morgan fingerprint density at radius 2 is 1.06 bits per heavy atom. The molecule has 13 rings (SSSR count). The Bertz CT molecular complexity index is 2480. The van der Waals surface area contributed by atoms with Crippen LogP contribution < -0.4 is 0 Å². The summed E-state index contributed by atoms with van der Waals surface area (Å²) in [4.78, 5) is 11.3. The van der Waals surface area contributed by atoms with E-state index in [1.807, 2.05) is 0 Å². The van der Waals surface area contributed by atoms with Gasteiger partial charge in [0.15, 0.2) is 0 Å². The fourth-order valence-electron chi connectivity index (χ4n) is 15.1. The number of benzene rings is 2. The Morgan fingerprint density at radius 3 is 1.64 bits per heavy atom. The summed E-state index contributed by atoms with van der Waals surface area (Å²) in [6.07, 6.45) is 29.1. The molecular formula is C47H49N3. The van der Waals surface area contributed by atoms with Crippen LogP contribution in [0, 0.1) is 0 Å². The first-order chi connectivity index (χ1) is 24.4. The fraction of sp³-hybridized carbons (Fsp3) is 0.532. The highest BCUT2D eigenvalue weighted by atomic mass is 15.0. The van der Waals surface area contributed by atoms with E-state index in [2.05, 4.69) is 61.0 Å². The second kappa shape index (κ2) is 8.76. The second-order valence-corrected chi connectivity index (χ2v) is 19.4. The zero-order valence-corrected chi connectivity index (χ0v) is 30.1. The molecule has 0 aliphatic heterocycles. The molecule has 0 amide bonds. The zero-order valence-electron chi connectivity index (χ0n) is 30.1. The molecule has 50 heavy (non-hydrogen) atoms. The van der Waals surface area contributed by atoms with E-state index in [9.17, 15) is 0 Å². The van der Waals surface area contributed by atoms with E-state index >= 15 is 0 Å². The van der Waals surface area contributed by atoms with Crippen molar-refractivity contribution in [3.8, 4) is 11.1 Å². The number of aromatic nitrogens is 3. The van der Waals surface area contributed by atoms with Gasteiger partial charge in [-0.05, 0) is 114 Å².